The number of aromatic nitrogens is 1. The minimum absolute atomic E-state index is 0.0168. The van der Waals surface area contributed by atoms with Gasteiger partial charge in [-0.15, -0.1) is 0 Å². The van der Waals surface area contributed by atoms with Gasteiger partial charge in [0.1, 0.15) is 11.4 Å². The highest BCUT2D eigenvalue weighted by molar-refractivity contribution is 5.97. The molecule has 2 N–H and O–H groups in total. The van der Waals surface area contributed by atoms with Crippen LogP contribution in [0.1, 0.15) is 49.0 Å². The molecule has 1 aromatic rings. The number of hydrogen-bond donors (Lipinski definition) is 1. The molecule has 1 heterocycles. The number of pyridine rings is 1. The Morgan fingerprint density at radius 2 is 2.17 bits per heavy atom. The highest BCUT2D eigenvalue weighted by atomic mass is 16.5. The smallest absolute Gasteiger partial charge is 0.186 e. The highest BCUT2D eigenvalue weighted by Gasteiger charge is 2.31. The second-order valence-corrected chi connectivity index (χ2v) is 5.08. The number of Topliss-reactive ketones (excluding diaryl/α,β-unsaturated/α-hetero) is 1. The van der Waals surface area contributed by atoms with Gasteiger partial charge in [-0.25, -0.2) is 4.98 Å². The maximum atomic E-state index is 12.3. The maximum absolute atomic E-state index is 12.3. The van der Waals surface area contributed by atoms with E-state index in [9.17, 15) is 4.79 Å². The molecule has 98 valence electrons. The normalized spacial score (nSPS) is 18.3. The monoisotopic (exact) mass is 248 g/mol. The SMILES string of the molecule is COc1cccnc1C(=O)CC1(N)CCCCC1. The van der Waals surface area contributed by atoms with Crippen molar-refractivity contribution in [3.63, 3.8) is 0 Å². The number of carbonyl (C=O) groups is 1. The molecule has 1 aliphatic carbocycles. The number of hydrogen-bond acceptors (Lipinski definition) is 4. The maximum Gasteiger partial charge on any atom is 0.186 e. The van der Waals surface area contributed by atoms with Crippen LogP contribution in [0.15, 0.2) is 18.3 Å². The molecule has 0 aliphatic heterocycles. The first-order valence-electron chi connectivity index (χ1n) is 6.46. The van der Waals surface area contributed by atoms with E-state index in [0.717, 1.165) is 25.7 Å². The van der Waals surface area contributed by atoms with Crippen LogP contribution in [0.3, 0.4) is 0 Å². The van der Waals surface area contributed by atoms with E-state index in [1.807, 2.05) is 0 Å². The minimum atomic E-state index is -0.349. The lowest BCUT2D eigenvalue weighted by Gasteiger charge is -2.32. The van der Waals surface area contributed by atoms with E-state index in [1.165, 1.54) is 6.42 Å². The predicted octanol–water partition coefficient (Wildman–Crippen LogP) is 2.32. The zero-order valence-corrected chi connectivity index (χ0v) is 10.8. The second kappa shape index (κ2) is 5.48. The highest BCUT2D eigenvalue weighted by Crippen LogP contribution is 2.30. The van der Waals surface area contributed by atoms with Crippen molar-refractivity contribution in [3.8, 4) is 5.75 Å². The van der Waals surface area contributed by atoms with E-state index in [2.05, 4.69) is 4.98 Å². The van der Waals surface area contributed by atoms with Gasteiger partial charge in [-0.05, 0) is 25.0 Å². The molecule has 1 aromatic heterocycles. The summed E-state index contributed by atoms with van der Waals surface area (Å²) in [5.74, 6) is 0.513. The molecule has 1 saturated carbocycles. The van der Waals surface area contributed by atoms with Crippen LogP contribution in [0.5, 0.6) is 5.75 Å². The number of nitrogens with two attached hydrogens (primary N) is 1. The molecule has 2 rings (SSSR count). The Hall–Kier alpha value is -1.42. The van der Waals surface area contributed by atoms with Gasteiger partial charge < -0.3 is 10.5 Å². The van der Waals surface area contributed by atoms with E-state index in [4.69, 9.17) is 10.5 Å². The Kier molecular flexibility index (Phi) is 3.97. The Labute approximate surface area is 108 Å². The van der Waals surface area contributed by atoms with Gasteiger partial charge >= 0.3 is 0 Å². The molecule has 0 atom stereocenters. The molecule has 0 bridgehead atoms. The molecule has 0 aromatic carbocycles. The van der Waals surface area contributed by atoms with Crippen molar-refractivity contribution in [1.82, 2.24) is 4.98 Å². The summed E-state index contributed by atoms with van der Waals surface area (Å²) < 4.78 is 5.16. The Morgan fingerprint density at radius 3 is 2.83 bits per heavy atom. The molecule has 0 saturated heterocycles. The molecule has 0 spiro atoms. The zero-order chi connectivity index (χ0) is 13.0. The third kappa shape index (κ3) is 2.88. The third-order valence-electron chi connectivity index (χ3n) is 3.62. The Bertz CT molecular complexity index is 426. The predicted molar refractivity (Wildman–Crippen MR) is 69.7 cm³/mol. The quantitative estimate of drug-likeness (QED) is 0.830. The van der Waals surface area contributed by atoms with Crippen LogP contribution in [-0.4, -0.2) is 23.4 Å². The average molecular weight is 248 g/mol. The van der Waals surface area contributed by atoms with Crippen molar-refractivity contribution < 1.29 is 9.53 Å². The summed E-state index contributed by atoms with van der Waals surface area (Å²) in [5.41, 5.74) is 6.35. The van der Waals surface area contributed by atoms with Gasteiger partial charge in [0.2, 0.25) is 0 Å². The van der Waals surface area contributed by atoms with Crippen molar-refractivity contribution in [2.45, 2.75) is 44.1 Å². The fourth-order valence-electron chi connectivity index (χ4n) is 2.60. The van der Waals surface area contributed by atoms with Gasteiger partial charge in [-0.1, -0.05) is 19.3 Å². The molecular weight excluding hydrogens is 228 g/mol. The van der Waals surface area contributed by atoms with Crippen LogP contribution in [0.25, 0.3) is 0 Å². The first-order valence-corrected chi connectivity index (χ1v) is 6.46. The van der Waals surface area contributed by atoms with Gasteiger partial charge in [-0.2, -0.15) is 0 Å². The second-order valence-electron chi connectivity index (χ2n) is 5.08. The fourth-order valence-corrected chi connectivity index (χ4v) is 2.60. The fraction of sp³-hybridized carbons (Fsp3) is 0.571. The molecule has 0 unspecified atom stereocenters. The number of methoxy groups -OCH3 is 1. The molecule has 0 amide bonds. The topological polar surface area (TPSA) is 65.2 Å². The van der Waals surface area contributed by atoms with E-state index in [-0.39, 0.29) is 11.3 Å². The minimum Gasteiger partial charge on any atom is -0.494 e. The first-order chi connectivity index (χ1) is 8.64. The Balaban J connectivity index is 2.11. The van der Waals surface area contributed by atoms with E-state index >= 15 is 0 Å². The standard InChI is InChI=1S/C14H20N2O2/c1-18-12-6-5-9-16-13(12)11(17)10-14(15)7-3-2-4-8-14/h5-6,9H,2-4,7-8,10,15H2,1H3. The van der Waals surface area contributed by atoms with Crippen molar-refractivity contribution >= 4 is 5.78 Å². The van der Waals surface area contributed by atoms with Gasteiger partial charge in [-0.3, -0.25) is 4.79 Å². The van der Waals surface area contributed by atoms with Crippen molar-refractivity contribution in [2.24, 2.45) is 5.73 Å². The number of nitrogens with zero attached hydrogens (tertiary/aromatic N) is 1. The lowest BCUT2D eigenvalue weighted by molar-refractivity contribution is 0.0926. The molecule has 4 nitrogen and oxygen atoms in total. The average Bonchev–Trinajstić information content (AvgIpc) is 2.39. The molecule has 1 aliphatic rings. The van der Waals surface area contributed by atoms with Gasteiger partial charge in [0, 0.05) is 18.2 Å². The summed E-state index contributed by atoms with van der Waals surface area (Å²) in [6.45, 7) is 0. The van der Waals surface area contributed by atoms with Gasteiger partial charge in [0.15, 0.2) is 5.78 Å². The van der Waals surface area contributed by atoms with Crippen LogP contribution in [-0.2, 0) is 0 Å². The van der Waals surface area contributed by atoms with Crippen molar-refractivity contribution in [3.05, 3.63) is 24.0 Å². The number of ether oxygens (including phenoxy) is 1. The van der Waals surface area contributed by atoms with E-state index in [1.54, 1.807) is 25.4 Å². The van der Waals surface area contributed by atoms with Gasteiger partial charge in [0.25, 0.3) is 0 Å². The summed E-state index contributed by atoms with van der Waals surface area (Å²) in [5, 5.41) is 0. The van der Waals surface area contributed by atoms with E-state index in [0.29, 0.717) is 17.9 Å². The number of rotatable bonds is 4. The Morgan fingerprint density at radius 1 is 1.44 bits per heavy atom. The zero-order valence-electron chi connectivity index (χ0n) is 10.8. The van der Waals surface area contributed by atoms with Crippen molar-refractivity contribution in [2.75, 3.05) is 7.11 Å². The van der Waals surface area contributed by atoms with Crippen molar-refractivity contribution in [1.29, 1.82) is 0 Å². The largest absolute Gasteiger partial charge is 0.494 e. The molecule has 4 heteroatoms. The summed E-state index contributed by atoms with van der Waals surface area (Å²) in [6, 6.07) is 3.51. The van der Waals surface area contributed by atoms with Crippen LogP contribution < -0.4 is 10.5 Å². The van der Waals surface area contributed by atoms with Crippen LogP contribution in [0, 0.1) is 0 Å². The third-order valence-corrected chi connectivity index (χ3v) is 3.62. The summed E-state index contributed by atoms with van der Waals surface area (Å²) in [4.78, 5) is 16.4. The van der Waals surface area contributed by atoms with E-state index < -0.39 is 0 Å². The molecular formula is C14H20N2O2. The number of ketones is 1. The first kappa shape index (κ1) is 13.0. The molecule has 18 heavy (non-hydrogen) atoms. The van der Waals surface area contributed by atoms with Crippen LogP contribution >= 0.6 is 0 Å². The summed E-state index contributed by atoms with van der Waals surface area (Å²) >= 11 is 0. The van der Waals surface area contributed by atoms with Crippen LogP contribution in [0.4, 0.5) is 0 Å². The molecule has 0 radical (unpaired) electrons. The van der Waals surface area contributed by atoms with Crippen LogP contribution in [0.2, 0.25) is 0 Å². The lowest BCUT2D eigenvalue weighted by atomic mass is 9.79. The van der Waals surface area contributed by atoms with Gasteiger partial charge in [0.05, 0.1) is 7.11 Å². The summed E-state index contributed by atoms with van der Waals surface area (Å²) in [7, 11) is 1.55. The molecule has 1 fully saturated rings. The lowest BCUT2D eigenvalue weighted by Crippen LogP contribution is -2.43. The summed E-state index contributed by atoms with van der Waals surface area (Å²) in [6.07, 6.45) is 7.27. The number of carbonyl (C=O) groups excluding carboxylic acids is 1.